The van der Waals surface area contributed by atoms with Crippen LogP contribution in [0.4, 0.5) is 0 Å². The van der Waals surface area contributed by atoms with E-state index in [1.54, 1.807) is 20.3 Å². The van der Waals surface area contributed by atoms with Crippen LogP contribution in [-0.2, 0) is 9.59 Å². The highest BCUT2D eigenvalue weighted by Gasteiger charge is 2.59. The van der Waals surface area contributed by atoms with E-state index in [0.29, 0.717) is 11.5 Å². The molecule has 130 valence electrons. The summed E-state index contributed by atoms with van der Waals surface area (Å²) in [7, 11) is 3.14. The molecule has 0 radical (unpaired) electrons. The van der Waals surface area contributed by atoms with Crippen LogP contribution >= 0.6 is 22.6 Å². The number of carbonyl (C=O) groups excluding carboxylic acids is 2. The van der Waals surface area contributed by atoms with Gasteiger partial charge in [0, 0.05) is 0 Å². The van der Waals surface area contributed by atoms with Crippen molar-refractivity contribution >= 4 is 40.6 Å². The van der Waals surface area contributed by atoms with Gasteiger partial charge in [-0.3, -0.25) is 9.59 Å². The van der Waals surface area contributed by atoms with Crippen molar-refractivity contribution in [2.45, 2.75) is 6.42 Å². The Morgan fingerprint density at radius 3 is 2.32 bits per heavy atom. The first-order valence-electron chi connectivity index (χ1n) is 8.06. The SMILES string of the molecule is COc1cc(/C=N\N2C(=O)C3C4C=CC(C4)C3C2=O)cc(I)c1OC. The minimum Gasteiger partial charge on any atom is -0.493 e. The summed E-state index contributed by atoms with van der Waals surface area (Å²) in [6.45, 7) is 0. The molecule has 2 aliphatic carbocycles. The van der Waals surface area contributed by atoms with Crippen molar-refractivity contribution < 1.29 is 19.1 Å². The first-order valence-corrected chi connectivity index (χ1v) is 9.14. The maximum atomic E-state index is 12.6. The van der Waals surface area contributed by atoms with Gasteiger partial charge in [-0.05, 0) is 58.5 Å². The summed E-state index contributed by atoms with van der Waals surface area (Å²) >= 11 is 2.14. The summed E-state index contributed by atoms with van der Waals surface area (Å²) in [4.78, 5) is 25.2. The normalized spacial score (nSPS) is 29.8. The van der Waals surface area contributed by atoms with Crippen molar-refractivity contribution in [3.05, 3.63) is 33.4 Å². The second-order valence-corrected chi connectivity index (χ2v) is 7.63. The average Bonchev–Trinajstić information content (AvgIpc) is 3.27. The predicted octanol–water partition coefficient (Wildman–Crippen LogP) is 2.45. The molecule has 0 aromatic heterocycles. The van der Waals surface area contributed by atoms with Crippen LogP contribution in [-0.4, -0.2) is 37.3 Å². The van der Waals surface area contributed by atoms with Crippen molar-refractivity contribution in [2.24, 2.45) is 28.8 Å². The average molecular weight is 452 g/mol. The summed E-state index contributed by atoms with van der Waals surface area (Å²) in [6, 6.07) is 3.63. The van der Waals surface area contributed by atoms with Gasteiger partial charge in [0.25, 0.3) is 11.8 Å². The van der Waals surface area contributed by atoms with Gasteiger partial charge < -0.3 is 9.47 Å². The van der Waals surface area contributed by atoms with E-state index < -0.39 is 0 Å². The third kappa shape index (κ3) is 2.47. The Hall–Kier alpha value is -1.90. The number of amides is 2. The van der Waals surface area contributed by atoms with E-state index in [2.05, 4.69) is 39.8 Å². The number of carbonyl (C=O) groups is 2. The summed E-state index contributed by atoms with van der Waals surface area (Å²) in [5.74, 6) is 0.772. The van der Waals surface area contributed by atoms with E-state index in [-0.39, 0.29) is 35.5 Å². The van der Waals surface area contributed by atoms with Crippen molar-refractivity contribution in [1.29, 1.82) is 0 Å². The summed E-state index contributed by atoms with van der Waals surface area (Å²) in [5, 5.41) is 5.24. The Labute approximate surface area is 159 Å². The molecule has 3 aliphatic rings. The van der Waals surface area contributed by atoms with Gasteiger partial charge >= 0.3 is 0 Å². The molecule has 1 aromatic rings. The van der Waals surface area contributed by atoms with Gasteiger partial charge in [0.15, 0.2) is 11.5 Å². The van der Waals surface area contributed by atoms with Crippen LogP contribution in [0.3, 0.4) is 0 Å². The molecule has 0 N–H and O–H groups in total. The van der Waals surface area contributed by atoms with E-state index >= 15 is 0 Å². The van der Waals surface area contributed by atoms with Crippen molar-refractivity contribution in [1.82, 2.24) is 5.01 Å². The Morgan fingerprint density at radius 1 is 1.12 bits per heavy atom. The zero-order valence-corrected chi connectivity index (χ0v) is 16.0. The zero-order valence-electron chi connectivity index (χ0n) is 13.8. The number of hydrazone groups is 1. The maximum absolute atomic E-state index is 12.6. The first-order chi connectivity index (χ1) is 12.0. The summed E-state index contributed by atoms with van der Waals surface area (Å²) < 4.78 is 11.5. The highest BCUT2D eigenvalue weighted by Crippen LogP contribution is 2.52. The second-order valence-electron chi connectivity index (χ2n) is 6.47. The van der Waals surface area contributed by atoms with Crippen LogP contribution in [0.15, 0.2) is 29.4 Å². The fourth-order valence-corrected chi connectivity index (χ4v) is 4.98. The lowest BCUT2D eigenvalue weighted by Gasteiger charge is -2.13. The molecule has 4 rings (SSSR count). The Balaban J connectivity index is 1.60. The van der Waals surface area contributed by atoms with Gasteiger partial charge in [-0.1, -0.05) is 12.2 Å². The number of hydrogen-bond donors (Lipinski definition) is 0. The quantitative estimate of drug-likeness (QED) is 0.305. The fraction of sp³-hybridized carbons (Fsp3) is 0.389. The van der Waals surface area contributed by atoms with Gasteiger partial charge in [0.05, 0.1) is 35.8 Å². The molecule has 25 heavy (non-hydrogen) atoms. The molecule has 7 heteroatoms. The first kappa shape index (κ1) is 16.6. The van der Waals surface area contributed by atoms with Gasteiger partial charge in [-0.15, -0.1) is 0 Å². The third-order valence-electron chi connectivity index (χ3n) is 5.23. The smallest absolute Gasteiger partial charge is 0.254 e. The van der Waals surface area contributed by atoms with E-state index in [4.69, 9.17) is 9.47 Å². The third-order valence-corrected chi connectivity index (χ3v) is 6.03. The van der Waals surface area contributed by atoms with Crippen LogP contribution in [0.25, 0.3) is 0 Å². The highest BCUT2D eigenvalue weighted by molar-refractivity contribution is 14.1. The number of nitrogens with zero attached hydrogens (tertiary/aromatic N) is 2. The molecule has 1 saturated heterocycles. The number of fused-ring (bicyclic) bond motifs is 5. The molecule has 2 fully saturated rings. The Morgan fingerprint density at radius 2 is 1.76 bits per heavy atom. The van der Waals surface area contributed by atoms with Crippen LogP contribution in [0, 0.1) is 27.2 Å². The van der Waals surface area contributed by atoms with Gasteiger partial charge in [0.2, 0.25) is 0 Å². The molecule has 6 nitrogen and oxygen atoms in total. The van der Waals surface area contributed by atoms with E-state index in [1.807, 2.05) is 6.07 Å². The van der Waals surface area contributed by atoms with E-state index in [1.165, 1.54) is 6.21 Å². The van der Waals surface area contributed by atoms with Crippen LogP contribution < -0.4 is 9.47 Å². The largest absolute Gasteiger partial charge is 0.493 e. The lowest BCUT2D eigenvalue weighted by Crippen LogP contribution is -2.28. The van der Waals surface area contributed by atoms with Crippen LogP contribution in [0.1, 0.15) is 12.0 Å². The number of methoxy groups -OCH3 is 2. The molecule has 1 aromatic carbocycles. The second kappa shape index (κ2) is 6.12. The number of allylic oxidation sites excluding steroid dienone is 2. The zero-order chi connectivity index (χ0) is 17.7. The van der Waals surface area contributed by atoms with Crippen molar-refractivity contribution in [3.63, 3.8) is 0 Å². The predicted molar refractivity (Wildman–Crippen MR) is 99.4 cm³/mol. The maximum Gasteiger partial charge on any atom is 0.254 e. The number of benzene rings is 1. The summed E-state index contributed by atoms with van der Waals surface area (Å²) in [6.07, 6.45) is 6.58. The molecule has 1 saturated carbocycles. The van der Waals surface area contributed by atoms with Gasteiger partial charge in [-0.25, -0.2) is 0 Å². The number of hydrogen-bond acceptors (Lipinski definition) is 5. The van der Waals surface area contributed by atoms with Gasteiger partial charge in [-0.2, -0.15) is 10.1 Å². The molecule has 2 bridgehead atoms. The number of ether oxygens (including phenoxy) is 2. The molecular formula is C18H17IN2O4. The number of imide groups is 1. The molecule has 2 amide bonds. The molecule has 4 atom stereocenters. The Kier molecular flexibility index (Phi) is 4.05. The minimum atomic E-state index is -0.231. The standard InChI is InChI=1S/C18H17IN2O4/c1-24-13-6-9(5-12(19)16(13)25-2)8-20-21-17(22)14-10-3-4-11(7-10)15(14)18(21)23/h3-6,8,10-11,14-15H,7H2,1-2H3/b20-8-. The van der Waals surface area contributed by atoms with Crippen LogP contribution in [0.5, 0.6) is 11.5 Å². The number of halogens is 1. The van der Waals surface area contributed by atoms with E-state index in [9.17, 15) is 9.59 Å². The molecule has 1 heterocycles. The van der Waals surface area contributed by atoms with Crippen molar-refractivity contribution in [3.8, 4) is 11.5 Å². The Bertz CT molecular complexity index is 790. The highest BCUT2D eigenvalue weighted by atomic mass is 127. The lowest BCUT2D eigenvalue weighted by atomic mass is 9.85. The van der Waals surface area contributed by atoms with Gasteiger partial charge in [0.1, 0.15) is 0 Å². The molecular weight excluding hydrogens is 435 g/mol. The molecule has 1 aliphatic heterocycles. The fourth-order valence-electron chi connectivity index (χ4n) is 4.14. The van der Waals surface area contributed by atoms with E-state index in [0.717, 1.165) is 20.6 Å². The lowest BCUT2D eigenvalue weighted by molar-refractivity contribution is -0.140. The molecule has 4 unspecified atom stereocenters. The summed E-state index contributed by atoms with van der Waals surface area (Å²) in [5.41, 5.74) is 0.737. The van der Waals surface area contributed by atoms with Crippen LogP contribution in [0.2, 0.25) is 0 Å². The topological polar surface area (TPSA) is 68.2 Å². The molecule has 0 spiro atoms. The monoisotopic (exact) mass is 452 g/mol. The van der Waals surface area contributed by atoms with Crippen molar-refractivity contribution in [2.75, 3.05) is 14.2 Å². The minimum absolute atomic E-state index is 0.182. The number of rotatable bonds is 4.